The number of hydrogen-bond acceptors (Lipinski definition) is 4. The Bertz CT molecular complexity index is 302. The molecule has 1 aromatic rings. The van der Waals surface area contributed by atoms with Gasteiger partial charge in [0, 0.05) is 25.4 Å². The average molecular weight is 209 g/mol. The van der Waals surface area contributed by atoms with Gasteiger partial charge in [-0.15, -0.1) is 0 Å². The first-order chi connectivity index (χ1) is 7.30. The molecule has 1 N–H and O–H groups in total. The zero-order valence-electron chi connectivity index (χ0n) is 9.71. The van der Waals surface area contributed by atoms with E-state index in [0.29, 0.717) is 6.61 Å². The van der Waals surface area contributed by atoms with Gasteiger partial charge in [0.15, 0.2) is 5.82 Å². The average Bonchev–Trinajstić information content (AvgIpc) is 2.26. The highest BCUT2D eigenvalue weighted by Crippen LogP contribution is 2.08. The van der Waals surface area contributed by atoms with Crippen LogP contribution in [0.3, 0.4) is 0 Å². The zero-order chi connectivity index (χ0) is 11.1. The van der Waals surface area contributed by atoms with Gasteiger partial charge in [0.05, 0.1) is 0 Å². The summed E-state index contributed by atoms with van der Waals surface area (Å²) in [7, 11) is 1.65. The quantitative estimate of drug-likeness (QED) is 0.778. The van der Waals surface area contributed by atoms with Gasteiger partial charge in [-0.05, 0) is 12.8 Å². The molecule has 0 spiro atoms. The normalized spacial score (nSPS) is 10.3. The Morgan fingerprint density at radius 1 is 1.33 bits per heavy atom. The van der Waals surface area contributed by atoms with E-state index in [9.17, 15) is 0 Å². The van der Waals surface area contributed by atoms with Gasteiger partial charge < -0.3 is 10.1 Å². The molecule has 0 atom stereocenters. The highest BCUT2D eigenvalue weighted by Gasteiger charge is 2.02. The van der Waals surface area contributed by atoms with Crippen molar-refractivity contribution >= 4 is 5.82 Å². The van der Waals surface area contributed by atoms with Crippen LogP contribution in [0.5, 0.6) is 0 Å². The van der Waals surface area contributed by atoms with Crippen molar-refractivity contribution in [3.05, 3.63) is 17.6 Å². The highest BCUT2D eigenvalue weighted by molar-refractivity contribution is 5.35. The molecule has 4 nitrogen and oxygen atoms in total. The summed E-state index contributed by atoms with van der Waals surface area (Å²) in [6.07, 6.45) is 2.01. The maximum atomic E-state index is 5.03. The fourth-order valence-corrected chi connectivity index (χ4v) is 1.27. The van der Waals surface area contributed by atoms with Gasteiger partial charge in [-0.2, -0.15) is 0 Å². The Balaban J connectivity index is 2.79. The minimum absolute atomic E-state index is 0.467. The molecule has 4 heteroatoms. The maximum absolute atomic E-state index is 5.03. The topological polar surface area (TPSA) is 47.0 Å². The third kappa shape index (κ3) is 3.83. The summed E-state index contributed by atoms with van der Waals surface area (Å²) in [5, 5.41) is 3.26. The SMILES string of the molecule is CCCNc1cc(CC)nc(COC)n1. The van der Waals surface area contributed by atoms with Crippen molar-refractivity contribution in [1.82, 2.24) is 9.97 Å². The predicted molar refractivity (Wildman–Crippen MR) is 60.9 cm³/mol. The van der Waals surface area contributed by atoms with Crippen LogP contribution in [0.25, 0.3) is 0 Å². The van der Waals surface area contributed by atoms with E-state index in [2.05, 4.69) is 29.1 Å². The number of rotatable bonds is 6. The number of aryl methyl sites for hydroxylation is 1. The molecule has 1 rings (SSSR count). The van der Waals surface area contributed by atoms with Crippen molar-refractivity contribution in [2.75, 3.05) is 19.0 Å². The molecule has 0 aliphatic rings. The monoisotopic (exact) mass is 209 g/mol. The molecule has 0 saturated heterocycles. The van der Waals surface area contributed by atoms with Gasteiger partial charge in [0.25, 0.3) is 0 Å². The van der Waals surface area contributed by atoms with E-state index in [1.165, 1.54) is 0 Å². The van der Waals surface area contributed by atoms with Crippen LogP contribution in [-0.2, 0) is 17.8 Å². The lowest BCUT2D eigenvalue weighted by Crippen LogP contribution is -2.07. The van der Waals surface area contributed by atoms with Crippen molar-refractivity contribution in [2.24, 2.45) is 0 Å². The lowest BCUT2D eigenvalue weighted by molar-refractivity contribution is 0.177. The maximum Gasteiger partial charge on any atom is 0.156 e. The van der Waals surface area contributed by atoms with Crippen LogP contribution in [0.1, 0.15) is 31.8 Å². The molecular formula is C11H19N3O. The largest absolute Gasteiger partial charge is 0.377 e. The summed E-state index contributed by atoms with van der Waals surface area (Å²) >= 11 is 0. The van der Waals surface area contributed by atoms with Gasteiger partial charge in [-0.25, -0.2) is 9.97 Å². The molecule has 84 valence electrons. The number of aromatic nitrogens is 2. The fraction of sp³-hybridized carbons (Fsp3) is 0.636. The number of ether oxygens (including phenoxy) is 1. The zero-order valence-corrected chi connectivity index (χ0v) is 9.71. The molecule has 0 unspecified atom stereocenters. The van der Waals surface area contributed by atoms with Gasteiger partial charge in [0.2, 0.25) is 0 Å². The second-order valence-electron chi connectivity index (χ2n) is 3.37. The number of methoxy groups -OCH3 is 1. The Morgan fingerprint density at radius 3 is 2.73 bits per heavy atom. The van der Waals surface area contributed by atoms with Gasteiger partial charge >= 0.3 is 0 Å². The summed E-state index contributed by atoms with van der Waals surface area (Å²) in [5.74, 6) is 1.64. The first kappa shape index (κ1) is 11.9. The van der Waals surface area contributed by atoms with Gasteiger partial charge in [-0.1, -0.05) is 13.8 Å². The molecule has 1 heterocycles. The molecule has 0 aromatic carbocycles. The van der Waals surface area contributed by atoms with E-state index in [4.69, 9.17) is 4.74 Å². The smallest absolute Gasteiger partial charge is 0.156 e. The van der Waals surface area contributed by atoms with E-state index >= 15 is 0 Å². The Kier molecular flexibility index (Phi) is 5.04. The Morgan fingerprint density at radius 2 is 2.13 bits per heavy atom. The lowest BCUT2D eigenvalue weighted by Gasteiger charge is -2.07. The molecule has 0 aliphatic heterocycles. The third-order valence-electron chi connectivity index (χ3n) is 2.02. The minimum Gasteiger partial charge on any atom is -0.377 e. The molecule has 1 aromatic heterocycles. The van der Waals surface area contributed by atoms with Crippen molar-refractivity contribution in [2.45, 2.75) is 33.3 Å². The molecule has 0 bridgehead atoms. The van der Waals surface area contributed by atoms with E-state index in [1.807, 2.05) is 6.07 Å². The standard InChI is InChI=1S/C11H19N3O/c1-4-6-12-10-7-9(5-2)13-11(14-10)8-15-3/h7H,4-6,8H2,1-3H3,(H,12,13,14). The lowest BCUT2D eigenvalue weighted by atomic mass is 10.3. The van der Waals surface area contributed by atoms with Crippen LogP contribution in [0.4, 0.5) is 5.82 Å². The Hall–Kier alpha value is -1.16. The first-order valence-electron chi connectivity index (χ1n) is 5.39. The summed E-state index contributed by atoms with van der Waals surface area (Å²) in [6, 6.07) is 1.99. The first-order valence-corrected chi connectivity index (χ1v) is 5.39. The molecule has 0 fully saturated rings. The van der Waals surface area contributed by atoms with E-state index < -0.39 is 0 Å². The van der Waals surface area contributed by atoms with E-state index in [-0.39, 0.29) is 0 Å². The van der Waals surface area contributed by atoms with Crippen molar-refractivity contribution < 1.29 is 4.74 Å². The third-order valence-corrected chi connectivity index (χ3v) is 2.02. The predicted octanol–water partition coefficient (Wildman–Crippen LogP) is 2.01. The van der Waals surface area contributed by atoms with Crippen LogP contribution < -0.4 is 5.32 Å². The number of hydrogen-bond donors (Lipinski definition) is 1. The minimum atomic E-state index is 0.467. The van der Waals surface area contributed by atoms with Crippen molar-refractivity contribution in [1.29, 1.82) is 0 Å². The van der Waals surface area contributed by atoms with Gasteiger partial charge in [0.1, 0.15) is 12.4 Å². The van der Waals surface area contributed by atoms with Crippen LogP contribution in [0.15, 0.2) is 6.07 Å². The molecule has 0 saturated carbocycles. The second kappa shape index (κ2) is 6.35. The highest BCUT2D eigenvalue weighted by atomic mass is 16.5. The van der Waals surface area contributed by atoms with E-state index in [1.54, 1.807) is 7.11 Å². The molecule has 0 aliphatic carbocycles. The second-order valence-corrected chi connectivity index (χ2v) is 3.37. The fourth-order valence-electron chi connectivity index (χ4n) is 1.27. The van der Waals surface area contributed by atoms with Crippen LogP contribution >= 0.6 is 0 Å². The van der Waals surface area contributed by atoms with Crippen LogP contribution in [0.2, 0.25) is 0 Å². The van der Waals surface area contributed by atoms with Crippen LogP contribution in [0, 0.1) is 0 Å². The molecule has 0 amide bonds. The number of nitrogens with zero attached hydrogens (tertiary/aromatic N) is 2. The van der Waals surface area contributed by atoms with Crippen molar-refractivity contribution in [3.8, 4) is 0 Å². The molecular weight excluding hydrogens is 190 g/mol. The van der Waals surface area contributed by atoms with Crippen molar-refractivity contribution in [3.63, 3.8) is 0 Å². The summed E-state index contributed by atoms with van der Waals surface area (Å²) in [4.78, 5) is 8.73. The molecule has 15 heavy (non-hydrogen) atoms. The number of anilines is 1. The van der Waals surface area contributed by atoms with Gasteiger partial charge in [-0.3, -0.25) is 0 Å². The number of nitrogens with one attached hydrogen (secondary N) is 1. The summed E-state index contributed by atoms with van der Waals surface area (Å²) in [6.45, 7) is 5.62. The molecule has 0 radical (unpaired) electrons. The van der Waals surface area contributed by atoms with E-state index in [0.717, 1.165) is 36.7 Å². The Labute approximate surface area is 91.1 Å². The van der Waals surface area contributed by atoms with Crippen LogP contribution in [-0.4, -0.2) is 23.6 Å². The summed E-state index contributed by atoms with van der Waals surface area (Å²) < 4.78 is 5.03. The summed E-state index contributed by atoms with van der Waals surface area (Å²) in [5.41, 5.74) is 1.05.